The summed E-state index contributed by atoms with van der Waals surface area (Å²) >= 11 is 0. The number of carbonyl (C=O) groups is 1. The van der Waals surface area contributed by atoms with Crippen molar-refractivity contribution in [3.8, 4) is 6.07 Å². The maximum Gasteiger partial charge on any atom is 0.320 e. The Balaban J connectivity index is 1.55. The fraction of sp³-hybridized carbons (Fsp3) is 0.529. The summed E-state index contributed by atoms with van der Waals surface area (Å²) in [7, 11) is 1.84. The second kappa shape index (κ2) is 6.55. The van der Waals surface area contributed by atoms with E-state index in [0.29, 0.717) is 23.7 Å². The van der Waals surface area contributed by atoms with Gasteiger partial charge in [-0.15, -0.1) is 0 Å². The molecule has 1 aromatic rings. The molecule has 2 aliphatic rings. The summed E-state index contributed by atoms with van der Waals surface area (Å²) in [5.41, 5.74) is 0.973. The molecule has 3 rings (SSSR count). The van der Waals surface area contributed by atoms with E-state index in [1.54, 1.807) is 17.0 Å². The molecule has 0 aromatic heterocycles. The molecule has 0 spiro atoms. The van der Waals surface area contributed by atoms with Crippen LogP contribution in [0.4, 0.5) is 9.18 Å². The second-order valence-electron chi connectivity index (χ2n) is 6.32. The quantitative estimate of drug-likeness (QED) is 0.857. The number of nitrogens with zero attached hydrogens (tertiary/aromatic N) is 4. The fourth-order valence-corrected chi connectivity index (χ4v) is 3.38. The number of urea groups is 1. The number of carbonyl (C=O) groups excluding carboxylic acids is 1. The first-order chi connectivity index (χ1) is 11.1. The van der Waals surface area contributed by atoms with E-state index in [0.717, 1.165) is 39.0 Å². The van der Waals surface area contributed by atoms with Crippen molar-refractivity contribution in [1.29, 1.82) is 5.26 Å². The van der Waals surface area contributed by atoms with Gasteiger partial charge in [0.1, 0.15) is 5.82 Å². The van der Waals surface area contributed by atoms with Gasteiger partial charge in [-0.25, -0.2) is 9.18 Å². The lowest BCUT2D eigenvalue weighted by molar-refractivity contribution is 0.127. The first-order valence-corrected chi connectivity index (χ1v) is 8.01. The first kappa shape index (κ1) is 15.8. The van der Waals surface area contributed by atoms with Crippen molar-refractivity contribution < 1.29 is 9.18 Å². The lowest BCUT2D eigenvalue weighted by atomic mass is 10.0. The van der Waals surface area contributed by atoms with Gasteiger partial charge in [-0.05, 0) is 25.0 Å². The van der Waals surface area contributed by atoms with Crippen molar-refractivity contribution in [1.82, 2.24) is 14.7 Å². The zero-order valence-corrected chi connectivity index (χ0v) is 13.3. The second-order valence-corrected chi connectivity index (χ2v) is 6.32. The molecule has 23 heavy (non-hydrogen) atoms. The number of amides is 2. The summed E-state index contributed by atoms with van der Waals surface area (Å²) in [6, 6.07) is 7.02. The van der Waals surface area contributed by atoms with E-state index in [9.17, 15) is 9.18 Å². The van der Waals surface area contributed by atoms with Crippen LogP contribution < -0.4 is 0 Å². The van der Waals surface area contributed by atoms with Crippen molar-refractivity contribution in [2.45, 2.75) is 25.4 Å². The topological polar surface area (TPSA) is 50.6 Å². The van der Waals surface area contributed by atoms with Crippen LogP contribution >= 0.6 is 0 Å². The Kier molecular flexibility index (Phi) is 4.49. The van der Waals surface area contributed by atoms with Gasteiger partial charge in [-0.2, -0.15) is 5.26 Å². The summed E-state index contributed by atoms with van der Waals surface area (Å²) in [5, 5.41) is 8.78. The summed E-state index contributed by atoms with van der Waals surface area (Å²) in [4.78, 5) is 18.0. The highest BCUT2D eigenvalue weighted by Crippen LogP contribution is 2.22. The molecule has 122 valence electrons. The van der Waals surface area contributed by atoms with Gasteiger partial charge in [0.2, 0.25) is 0 Å². The molecule has 0 unspecified atom stereocenters. The Morgan fingerprint density at radius 3 is 2.57 bits per heavy atom. The lowest BCUT2D eigenvalue weighted by Gasteiger charge is -2.36. The maximum atomic E-state index is 14.0. The van der Waals surface area contributed by atoms with Crippen molar-refractivity contribution in [2.75, 3.05) is 33.2 Å². The number of benzene rings is 1. The van der Waals surface area contributed by atoms with Gasteiger partial charge in [0.15, 0.2) is 0 Å². The normalized spacial score (nSPS) is 20.1. The van der Waals surface area contributed by atoms with Gasteiger partial charge >= 0.3 is 6.03 Å². The SMILES string of the molecule is CN1CCN(C2CCN(Cc3ccc(C#N)cc3F)CC2)C1=O. The molecular formula is C17H21FN4O. The number of nitriles is 1. The third kappa shape index (κ3) is 3.30. The van der Waals surface area contributed by atoms with Crippen molar-refractivity contribution in [3.63, 3.8) is 0 Å². The van der Waals surface area contributed by atoms with Crippen LogP contribution in [0.3, 0.4) is 0 Å². The van der Waals surface area contributed by atoms with Crippen LogP contribution in [0.2, 0.25) is 0 Å². The molecule has 0 bridgehead atoms. The molecule has 0 aliphatic carbocycles. The Morgan fingerprint density at radius 2 is 2.00 bits per heavy atom. The molecule has 0 N–H and O–H groups in total. The minimum absolute atomic E-state index is 0.126. The van der Waals surface area contributed by atoms with E-state index in [2.05, 4.69) is 4.90 Å². The summed E-state index contributed by atoms with van der Waals surface area (Å²) < 4.78 is 14.0. The van der Waals surface area contributed by atoms with E-state index < -0.39 is 0 Å². The smallest absolute Gasteiger partial charge is 0.320 e. The Morgan fingerprint density at radius 1 is 1.26 bits per heavy atom. The number of likely N-dealkylation sites (tertiary alicyclic amines) is 1. The monoisotopic (exact) mass is 316 g/mol. The van der Waals surface area contributed by atoms with Crippen molar-refractivity contribution >= 4 is 6.03 Å². The molecule has 0 radical (unpaired) electrons. The minimum Gasteiger partial charge on any atom is -0.326 e. The molecule has 2 saturated heterocycles. The van der Waals surface area contributed by atoms with Gasteiger partial charge in [0.05, 0.1) is 11.6 Å². The number of piperidine rings is 1. The molecule has 0 saturated carbocycles. The average molecular weight is 316 g/mol. The molecule has 2 heterocycles. The van der Waals surface area contributed by atoms with E-state index in [-0.39, 0.29) is 11.8 Å². The molecule has 1 aromatic carbocycles. The predicted molar refractivity (Wildman–Crippen MR) is 84.1 cm³/mol. The Bertz CT molecular complexity index is 634. The number of rotatable bonds is 3. The molecule has 2 fully saturated rings. The first-order valence-electron chi connectivity index (χ1n) is 8.01. The molecule has 2 amide bonds. The van der Waals surface area contributed by atoms with Gasteiger partial charge in [0.25, 0.3) is 0 Å². The molecule has 0 atom stereocenters. The summed E-state index contributed by atoms with van der Waals surface area (Å²) in [6.07, 6.45) is 1.86. The number of likely N-dealkylation sites (N-methyl/N-ethyl adjacent to an activating group) is 1. The zero-order chi connectivity index (χ0) is 16.4. The van der Waals surface area contributed by atoms with Gasteiger partial charge in [0, 0.05) is 51.4 Å². The standard InChI is InChI=1S/C17H21FN4O/c1-20-8-9-22(17(20)23)15-4-6-21(7-5-15)12-14-3-2-13(11-19)10-16(14)18/h2-3,10,15H,4-9,12H2,1H3. The van der Waals surface area contributed by atoms with Crippen LogP contribution in [0.1, 0.15) is 24.0 Å². The maximum absolute atomic E-state index is 14.0. The number of halogens is 1. The van der Waals surface area contributed by atoms with Crippen LogP contribution in [-0.4, -0.2) is 60.0 Å². The molecule has 6 heteroatoms. The Labute approximate surface area is 135 Å². The largest absolute Gasteiger partial charge is 0.326 e. The highest BCUT2D eigenvalue weighted by molar-refractivity contribution is 5.76. The van der Waals surface area contributed by atoms with Gasteiger partial charge < -0.3 is 9.80 Å². The minimum atomic E-state index is -0.317. The van der Waals surface area contributed by atoms with Gasteiger partial charge in [-0.1, -0.05) is 6.07 Å². The fourth-order valence-electron chi connectivity index (χ4n) is 3.38. The van der Waals surface area contributed by atoms with Crippen LogP contribution in [-0.2, 0) is 6.54 Å². The number of hydrogen-bond donors (Lipinski definition) is 0. The van der Waals surface area contributed by atoms with E-state index in [1.165, 1.54) is 6.07 Å². The highest BCUT2D eigenvalue weighted by Gasteiger charge is 2.33. The lowest BCUT2D eigenvalue weighted by Crippen LogP contribution is -2.46. The predicted octanol–water partition coefficient (Wildman–Crippen LogP) is 2.03. The van der Waals surface area contributed by atoms with E-state index in [1.807, 2.05) is 18.0 Å². The van der Waals surface area contributed by atoms with Gasteiger partial charge in [-0.3, -0.25) is 4.90 Å². The summed E-state index contributed by atoms with van der Waals surface area (Å²) in [5.74, 6) is -0.317. The Hall–Kier alpha value is -2.13. The summed E-state index contributed by atoms with van der Waals surface area (Å²) in [6.45, 7) is 3.88. The molecule has 5 nitrogen and oxygen atoms in total. The van der Waals surface area contributed by atoms with Crippen molar-refractivity contribution in [2.24, 2.45) is 0 Å². The van der Waals surface area contributed by atoms with Crippen LogP contribution in [0.5, 0.6) is 0 Å². The third-order valence-electron chi connectivity index (χ3n) is 4.82. The zero-order valence-electron chi connectivity index (χ0n) is 13.3. The number of hydrogen-bond acceptors (Lipinski definition) is 3. The van der Waals surface area contributed by atoms with Crippen LogP contribution in [0.25, 0.3) is 0 Å². The van der Waals surface area contributed by atoms with Crippen molar-refractivity contribution in [3.05, 3.63) is 35.1 Å². The molecular weight excluding hydrogens is 295 g/mol. The van der Waals surface area contributed by atoms with E-state index in [4.69, 9.17) is 5.26 Å². The highest BCUT2D eigenvalue weighted by atomic mass is 19.1. The average Bonchev–Trinajstić information content (AvgIpc) is 2.90. The molecule has 2 aliphatic heterocycles. The van der Waals surface area contributed by atoms with Crippen LogP contribution in [0, 0.1) is 17.1 Å². The van der Waals surface area contributed by atoms with E-state index >= 15 is 0 Å². The third-order valence-corrected chi connectivity index (χ3v) is 4.82. The van der Waals surface area contributed by atoms with Crippen LogP contribution in [0.15, 0.2) is 18.2 Å².